The van der Waals surface area contributed by atoms with Gasteiger partial charge in [-0.25, -0.2) is 0 Å². The Hall–Kier alpha value is -3.15. The molecule has 0 aromatic carbocycles. The number of ether oxygens (including phenoxy) is 3. The number of unbranched alkanes of at least 4 members (excludes halogenated alkanes) is 40. The highest BCUT2D eigenvalue weighted by atomic mass is 16.6. The molecule has 0 heterocycles. The van der Waals surface area contributed by atoms with Crippen molar-refractivity contribution in [3.63, 3.8) is 0 Å². The lowest BCUT2D eigenvalue weighted by molar-refractivity contribution is -0.167. The first-order valence-corrected chi connectivity index (χ1v) is 34.4. The Morgan fingerprint density at radius 3 is 0.722 bits per heavy atom. The van der Waals surface area contributed by atoms with Crippen LogP contribution in [-0.2, 0) is 28.6 Å². The summed E-state index contributed by atoms with van der Waals surface area (Å²) in [6.45, 7) is 6.63. The van der Waals surface area contributed by atoms with Crippen LogP contribution in [0, 0.1) is 0 Å². The minimum Gasteiger partial charge on any atom is -0.462 e. The number of hydrogen-bond acceptors (Lipinski definition) is 6. The molecule has 458 valence electrons. The summed E-state index contributed by atoms with van der Waals surface area (Å²) in [6, 6.07) is 0. The highest BCUT2D eigenvalue weighted by Gasteiger charge is 2.19. The first-order valence-electron chi connectivity index (χ1n) is 34.4. The maximum atomic E-state index is 13.0. The van der Waals surface area contributed by atoms with E-state index in [1.165, 1.54) is 231 Å². The van der Waals surface area contributed by atoms with Crippen molar-refractivity contribution in [1.82, 2.24) is 0 Å². The van der Waals surface area contributed by atoms with Gasteiger partial charge in [-0.15, -0.1) is 0 Å². The molecule has 1 unspecified atom stereocenters. The zero-order valence-corrected chi connectivity index (χ0v) is 52.6. The van der Waals surface area contributed by atoms with Gasteiger partial charge >= 0.3 is 17.9 Å². The number of carbonyl (C=O) groups excluding carboxylic acids is 3. The highest BCUT2D eigenvalue weighted by molar-refractivity contribution is 5.71. The molecule has 0 saturated heterocycles. The lowest BCUT2D eigenvalue weighted by Gasteiger charge is -2.18. The van der Waals surface area contributed by atoms with Gasteiger partial charge in [0.25, 0.3) is 0 Å². The summed E-state index contributed by atoms with van der Waals surface area (Å²) in [7, 11) is 0. The quantitative estimate of drug-likeness (QED) is 0.0261. The Bertz CT molecular complexity index is 1450. The molecule has 0 aliphatic rings. The minimum atomic E-state index is -0.784. The molecule has 6 nitrogen and oxygen atoms in total. The molecule has 0 aliphatic carbocycles. The normalized spacial score (nSPS) is 12.5. The summed E-state index contributed by atoms with van der Waals surface area (Å²) in [4.78, 5) is 38.4. The van der Waals surface area contributed by atoms with E-state index < -0.39 is 6.10 Å². The number of carbonyl (C=O) groups is 3. The van der Waals surface area contributed by atoms with Gasteiger partial charge in [-0.05, 0) is 116 Å². The van der Waals surface area contributed by atoms with Gasteiger partial charge in [-0.2, -0.15) is 0 Å². The van der Waals surface area contributed by atoms with Crippen molar-refractivity contribution in [3.05, 3.63) is 72.9 Å². The average Bonchev–Trinajstić information content (AvgIpc) is 3.45. The van der Waals surface area contributed by atoms with Crippen LogP contribution in [0.5, 0.6) is 0 Å². The van der Waals surface area contributed by atoms with Crippen molar-refractivity contribution < 1.29 is 28.6 Å². The molecule has 0 saturated carbocycles. The van der Waals surface area contributed by atoms with Crippen LogP contribution in [0.4, 0.5) is 0 Å². The fraction of sp³-hybridized carbons (Fsp3) is 0.795. The van der Waals surface area contributed by atoms with Crippen LogP contribution in [0.2, 0.25) is 0 Å². The predicted molar refractivity (Wildman–Crippen MR) is 344 cm³/mol. The Morgan fingerprint density at radius 2 is 0.456 bits per heavy atom. The molecule has 0 rings (SSSR count). The van der Waals surface area contributed by atoms with Gasteiger partial charge in [0, 0.05) is 19.3 Å². The van der Waals surface area contributed by atoms with Gasteiger partial charge in [0.2, 0.25) is 0 Å². The molecule has 0 spiro atoms. The molecule has 0 N–H and O–H groups in total. The molecule has 79 heavy (non-hydrogen) atoms. The minimum absolute atomic E-state index is 0.0790. The molecule has 0 aromatic rings. The van der Waals surface area contributed by atoms with Crippen molar-refractivity contribution in [2.45, 2.75) is 361 Å². The second kappa shape index (κ2) is 67.4. The molecular formula is C73H130O6. The van der Waals surface area contributed by atoms with E-state index in [0.29, 0.717) is 19.3 Å². The number of allylic oxidation sites excluding steroid dienone is 12. The van der Waals surface area contributed by atoms with E-state index >= 15 is 0 Å². The van der Waals surface area contributed by atoms with E-state index in [1.54, 1.807) is 0 Å². The molecule has 0 fully saturated rings. The summed E-state index contributed by atoms with van der Waals surface area (Å²) < 4.78 is 17.0. The van der Waals surface area contributed by atoms with Crippen molar-refractivity contribution in [3.8, 4) is 0 Å². The maximum Gasteiger partial charge on any atom is 0.306 e. The Kier molecular flexibility index (Phi) is 64.7. The molecule has 0 aromatic heterocycles. The van der Waals surface area contributed by atoms with Gasteiger partial charge < -0.3 is 14.2 Å². The van der Waals surface area contributed by atoms with Crippen LogP contribution in [0.15, 0.2) is 72.9 Å². The van der Waals surface area contributed by atoms with Gasteiger partial charge in [-0.3, -0.25) is 14.4 Å². The summed E-state index contributed by atoms with van der Waals surface area (Å²) in [6.07, 6.45) is 87.6. The van der Waals surface area contributed by atoms with E-state index in [0.717, 1.165) is 83.5 Å². The molecule has 1 atom stereocenters. The fourth-order valence-electron chi connectivity index (χ4n) is 9.95. The third kappa shape index (κ3) is 65.5. The average molecular weight is 1100 g/mol. The van der Waals surface area contributed by atoms with Crippen molar-refractivity contribution >= 4 is 17.9 Å². The fourth-order valence-corrected chi connectivity index (χ4v) is 9.95. The van der Waals surface area contributed by atoms with Gasteiger partial charge in [-0.1, -0.05) is 293 Å². The zero-order valence-electron chi connectivity index (χ0n) is 52.6. The lowest BCUT2D eigenvalue weighted by Crippen LogP contribution is -2.30. The monoisotopic (exact) mass is 1100 g/mol. The first-order chi connectivity index (χ1) is 39.0. The zero-order chi connectivity index (χ0) is 57.1. The van der Waals surface area contributed by atoms with Crippen LogP contribution < -0.4 is 0 Å². The first kappa shape index (κ1) is 75.8. The van der Waals surface area contributed by atoms with Crippen molar-refractivity contribution in [2.24, 2.45) is 0 Å². The van der Waals surface area contributed by atoms with Crippen LogP contribution in [0.25, 0.3) is 0 Å². The van der Waals surface area contributed by atoms with Crippen molar-refractivity contribution in [1.29, 1.82) is 0 Å². The van der Waals surface area contributed by atoms with Gasteiger partial charge in [0.1, 0.15) is 13.2 Å². The second-order valence-electron chi connectivity index (χ2n) is 23.1. The van der Waals surface area contributed by atoms with Crippen LogP contribution >= 0.6 is 0 Å². The van der Waals surface area contributed by atoms with E-state index in [1.807, 2.05) is 0 Å². The molecule has 0 amide bonds. The smallest absolute Gasteiger partial charge is 0.306 e. The molecule has 0 bridgehead atoms. The van der Waals surface area contributed by atoms with Crippen LogP contribution in [0.1, 0.15) is 355 Å². The maximum absolute atomic E-state index is 13.0. The summed E-state index contributed by atoms with van der Waals surface area (Å²) >= 11 is 0. The second-order valence-corrected chi connectivity index (χ2v) is 23.1. The lowest BCUT2D eigenvalue weighted by atomic mass is 10.0. The molecular weight excluding hydrogens is 973 g/mol. The van der Waals surface area contributed by atoms with E-state index in [4.69, 9.17) is 14.2 Å². The summed E-state index contributed by atoms with van der Waals surface area (Å²) in [5.74, 6) is -0.874. The topological polar surface area (TPSA) is 78.9 Å². The van der Waals surface area contributed by atoms with E-state index in [2.05, 4.69) is 93.7 Å². The van der Waals surface area contributed by atoms with Crippen LogP contribution in [-0.4, -0.2) is 37.2 Å². The van der Waals surface area contributed by atoms with E-state index in [-0.39, 0.29) is 31.1 Å². The largest absolute Gasteiger partial charge is 0.462 e. The van der Waals surface area contributed by atoms with E-state index in [9.17, 15) is 14.4 Å². The summed E-state index contributed by atoms with van der Waals surface area (Å²) in [5, 5.41) is 0. The SMILES string of the molecule is CCCCC/C=C\C/C=C\CCCCCCCCCC(=O)OCC(COC(=O)CCCCCCCCCCCCC/C=C\C/C=C\CCCCCCC)OC(=O)CCCCCCCCCCC/C=C\C/C=C\CCCCCCC. The third-order valence-corrected chi connectivity index (χ3v) is 15.2. The van der Waals surface area contributed by atoms with Crippen LogP contribution in [0.3, 0.4) is 0 Å². The highest BCUT2D eigenvalue weighted by Crippen LogP contribution is 2.17. The number of rotatable bonds is 63. The predicted octanol–water partition coefficient (Wildman–Crippen LogP) is 23.7. The number of hydrogen-bond donors (Lipinski definition) is 0. The summed E-state index contributed by atoms with van der Waals surface area (Å²) in [5.41, 5.74) is 0. The third-order valence-electron chi connectivity index (χ3n) is 15.2. The molecule has 6 heteroatoms. The Balaban J connectivity index is 4.36. The van der Waals surface area contributed by atoms with Gasteiger partial charge in [0.05, 0.1) is 0 Å². The van der Waals surface area contributed by atoms with Gasteiger partial charge in [0.15, 0.2) is 6.10 Å². The standard InChI is InChI=1S/C73H130O6/c1-4-7-10-13-16-19-22-25-28-31-33-35-36-38-39-42-45-48-51-54-57-60-63-66-72(75)78-69-70(68-77-71(74)65-62-59-56-53-50-47-44-41-30-27-24-21-18-15-12-9-6-3)79-73(76)67-64-61-58-55-52-49-46-43-40-37-34-32-29-26-23-20-17-14-11-8-5-2/h18,21-23,25-27,30-34,70H,4-17,19-20,24,28-29,35-69H2,1-3H3/b21-18-,25-22-,26-23-,30-27-,33-31-,34-32-. The Labute approximate surface area is 491 Å². The number of esters is 3. The van der Waals surface area contributed by atoms with Crippen molar-refractivity contribution in [2.75, 3.05) is 13.2 Å². The molecule has 0 aliphatic heterocycles. The Morgan fingerprint density at radius 1 is 0.253 bits per heavy atom. The molecule has 0 radical (unpaired) electrons.